The summed E-state index contributed by atoms with van der Waals surface area (Å²) in [5.74, 6) is 0.253. The Bertz CT molecular complexity index is 654. The van der Waals surface area contributed by atoms with Crippen LogP contribution >= 0.6 is 26.6 Å². The molecule has 0 aromatic heterocycles. The fourth-order valence-corrected chi connectivity index (χ4v) is 4.41. The summed E-state index contributed by atoms with van der Waals surface area (Å²) < 4.78 is 23.7. The molecule has 1 saturated carbocycles. The Morgan fingerprint density at radius 3 is 2.57 bits per heavy atom. The second-order valence-corrected chi connectivity index (χ2v) is 8.77. The summed E-state index contributed by atoms with van der Waals surface area (Å²) in [7, 11) is 1.53. The second kappa shape index (κ2) is 6.67. The summed E-state index contributed by atoms with van der Waals surface area (Å²) in [6.07, 6.45) is 4.70. The van der Waals surface area contributed by atoms with Gasteiger partial charge in [0.05, 0.1) is 4.90 Å². The molecule has 1 N–H and O–H groups in total. The van der Waals surface area contributed by atoms with Crippen LogP contribution in [0.25, 0.3) is 0 Å². The second-order valence-electron chi connectivity index (χ2n) is 5.38. The van der Waals surface area contributed by atoms with Crippen molar-refractivity contribution in [1.29, 1.82) is 0 Å². The fraction of sp³-hybridized carbons (Fsp3) is 0.500. The van der Waals surface area contributed by atoms with Gasteiger partial charge in [-0.3, -0.25) is 4.79 Å². The van der Waals surface area contributed by atoms with Gasteiger partial charge in [-0.15, -0.1) is 0 Å². The van der Waals surface area contributed by atoms with E-state index in [1.807, 2.05) is 0 Å². The Hall–Kier alpha value is -0.590. The molecule has 4 nitrogen and oxygen atoms in total. The van der Waals surface area contributed by atoms with Gasteiger partial charge in [0.2, 0.25) is 0 Å². The highest BCUT2D eigenvalue weighted by atomic mass is 79.9. The average molecular weight is 395 g/mol. The Morgan fingerprint density at radius 1 is 1.38 bits per heavy atom. The third-order valence-electron chi connectivity index (χ3n) is 3.85. The monoisotopic (exact) mass is 393 g/mol. The van der Waals surface area contributed by atoms with Gasteiger partial charge in [-0.05, 0) is 43.4 Å². The minimum atomic E-state index is -3.88. The first-order chi connectivity index (χ1) is 9.79. The van der Waals surface area contributed by atoms with Crippen LogP contribution in [0.2, 0.25) is 0 Å². The predicted octanol–water partition coefficient (Wildman–Crippen LogP) is 3.61. The average Bonchev–Trinajstić information content (AvgIpc) is 2.90. The van der Waals surface area contributed by atoms with E-state index in [1.54, 1.807) is 13.0 Å². The molecular weight excluding hydrogens is 378 g/mol. The molecule has 0 spiro atoms. The first-order valence-electron chi connectivity index (χ1n) is 6.82. The third kappa shape index (κ3) is 4.20. The van der Waals surface area contributed by atoms with Crippen molar-refractivity contribution in [1.82, 2.24) is 5.32 Å². The van der Waals surface area contributed by atoms with Crippen molar-refractivity contribution in [3.8, 4) is 0 Å². The summed E-state index contributed by atoms with van der Waals surface area (Å²) in [6, 6.07) is 2.94. The molecule has 0 atom stereocenters. The lowest BCUT2D eigenvalue weighted by atomic mass is 10.1. The Morgan fingerprint density at radius 2 is 2.00 bits per heavy atom. The molecular formula is C14H17BrClNO3S. The van der Waals surface area contributed by atoms with Crippen molar-refractivity contribution >= 4 is 41.6 Å². The van der Waals surface area contributed by atoms with E-state index in [2.05, 4.69) is 21.2 Å². The van der Waals surface area contributed by atoms with Crippen LogP contribution in [0.4, 0.5) is 0 Å². The highest BCUT2D eigenvalue weighted by Gasteiger charge is 2.20. The molecule has 0 radical (unpaired) electrons. The molecule has 1 fully saturated rings. The van der Waals surface area contributed by atoms with E-state index in [1.165, 1.54) is 18.9 Å². The smallest absolute Gasteiger partial charge is 0.261 e. The van der Waals surface area contributed by atoms with Crippen LogP contribution in [0.5, 0.6) is 0 Å². The predicted molar refractivity (Wildman–Crippen MR) is 86.2 cm³/mol. The maximum absolute atomic E-state index is 12.2. The Kier molecular flexibility index (Phi) is 5.33. The third-order valence-corrected chi connectivity index (χ3v) is 6.12. The Labute approximate surface area is 137 Å². The molecule has 0 saturated heterocycles. The molecule has 1 aliphatic rings. The zero-order valence-corrected chi connectivity index (χ0v) is 14.8. The number of carbonyl (C=O) groups is 1. The first-order valence-corrected chi connectivity index (χ1v) is 9.92. The van der Waals surface area contributed by atoms with E-state index >= 15 is 0 Å². The van der Waals surface area contributed by atoms with E-state index in [-0.39, 0.29) is 10.8 Å². The van der Waals surface area contributed by atoms with Crippen molar-refractivity contribution in [2.75, 3.05) is 6.54 Å². The number of hydrogen-bond donors (Lipinski definition) is 1. The number of benzene rings is 1. The van der Waals surface area contributed by atoms with E-state index in [9.17, 15) is 13.2 Å². The van der Waals surface area contributed by atoms with Crippen molar-refractivity contribution in [3.05, 3.63) is 27.7 Å². The van der Waals surface area contributed by atoms with Crippen LogP contribution in [-0.2, 0) is 9.05 Å². The summed E-state index contributed by atoms with van der Waals surface area (Å²) in [6.45, 7) is 2.27. The van der Waals surface area contributed by atoms with Crippen LogP contribution < -0.4 is 5.32 Å². The zero-order chi connectivity index (χ0) is 15.6. The highest BCUT2D eigenvalue weighted by molar-refractivity contribution is 9.10. The van der Waals surface area contributed by atoms with Crippen molar-refractivity contribution < 1.29 is 13.2 Å². The molecule has 7 heteroatoms. The summed E-state index contributed by atoms with van der Waals surface area (Å²) in [5.41, 5.74) is 0.794. The Balaban J connectivity index is 2.19. The standard InChI is InChI=1S/C14H17BrClNO3S/c1-9-12(15)6-11(7-13(9)21(16,19)20)14(18)17-8-10-4-2-3-5-10/h6-7,10H,2-5,8H2,1H3,(H,17,18). The van der Waals surface area contributed by atoms with Crippen molar-refractivity contribution in [2.24, 2.45) is 5.92 Å². The topological polar surface area (TPSA) is 63.2 Å². The molecule has 2 rings (SSSR count). The molecule has 0 unspecified atom stereocenters. The number of amides is 1. The van der Waals surface area contributed by atoms with Crippen LogP contribution in [0.1, 0.15) is 41.6 Å². The number of nitrogens with one attached hydrogen (secondary N) is 1. The van der Waals surface area contributed by atoms with Gasteiger partial charge in [0, 0.05) is 27.3 Å². The van der Waals surface area contributed by atoms with E-state index in [0.717, 1.165) is 12.8 Å². The highest BCUT2D eigenvalue weighted by Crippen LogP contribution is 2.28. The number of halogens is 2. The van der Waals surface area contributed by atoms with Crippen molar-refractivity contribution in [3.63, 3.8) is 0 Å². The van der Waals surface area contributed by atoms with E-state index in [4.69, 9.17) is 10.7 Å². The van der Waals surface area contributed by atoms with Crippen LogP contribution in [-0.4, -0.2) is 20.9 Å². The minimum absolute atomic E-state index is 0.0374. The van der Waals surface area contributed by atoms with Gasteiger partial charge in [-0.1, -0.05) is 28.8 Å². The summed E-state index contributed by atoms with van der Waals surface area (Å²) in [4.78, 5) is 12.1. The largest absolute Gasteiger partial charge is 0.352 e. The van der Waals surface area contributed by atoms with Crippen LogP contribution in [0.3, 0.4) is 0 Å². The van der Waals surface area contributed by atoms with Crippen molar-refractivity contribution in [2.45, 2.75) is 37.5 Å². The van der Waals surface area contributed by atoms with Gasteiger partial charge in [0.25, 0.3) is 15.0 Å². The molecule has 0 aliphatic heterocycles. The SMILES string of the molecule is Cc1c(Br)cc(C(=O)NCC2CCCC2)cc1S(=O)(=O)Cl. The van der Waals surface area contributed by atoms with Gasteiger partial charge in [0.15, 0.2) is 0 Å². The molecule has 0 bridgehead atoms. The molecule has 1 amide bonds. The zero-order valence-electron chi connectivity index (χ0n) is 11.7. The van der Waals surface area contributed by atoms with Crippen LogP contribution in [0, 0.1) is 12.8 Å². The van der Waals surface area contributed by atoms with Gasteiger partial charge >= 0.3 is 0 Å². The summed E-state index contributed by atoms with van der Waals surface area (Å²) in [5, 5.41) is 2.87. The first kappa shape index (κ1) is 16.8. The quantitative estimate of drug-likeness (QED) is 0.794. The maximum Gasteiger partial charge on any atom is 0.261 e. The van der Waals surface area contributed by atoms with E-state index < -0.39 is 9.05 Å². The molecule has 21 heavy (non-hydrogen) atoms. The number of carbonyl (C=O) groups excluding carboxylic acids is 1. The van der Waals surface area contributed by atoms with Crippen LogP contribution in [0.15, 0.2) is 21.5 Å². The molecule has 0 heterocycles. The van der Waals surface area contributed by atoms with Gasteiger partial charge < -0.3 is 5.32 Å². The lowest BCUT2D eigenvalue weighted by Gasteiger charge is -2.12. The normalized spacial score (nSPS) is 16.1. The molecule has 1 aromatic rings. The molecule has 1 aliphatic carbocycles. The summed E-state index contributed by atoms with van der Waals surface area (Å²) >= 11 is 3.27. The van der Waals surface area contributed by atoms with Gasteiger partial charge in [0.1, 0.15) is 0 Å². The fourth-order valence-electron chi connectivity index (χ4n) is 2.59. The minimum Gasteiger partial charge on any atom is -0.352 e. The maximum atomic E-state index is 12.2. The molecule has 1 aromatic carbocycles. The van der Waals surface area contributed by atoms with E-state index in [0.29, 0.717) is 28.1 Å². The number of hydrogen-bond acceptors (Lipinski definition) is 3. The number of rotatable bonds is 4. The van der Waals surface area contributed by atoms with Gasteiger partial charge in [-0.25, -0.2) is 8.42 Å². The molecule has 116 valence electrons. The lowest BCUT2D eigenvalue weighted by Crippen LogP contribution is -2.28. The van der Waals surface area contributed by atoms with Gasteiger partial charge in [-0.2, -0.15) is 0 Å². The lowest BCUT2D eigenvalue weighted by molar-refractivity contribution is 0.0947.